The third-order valence-electron chi connectivity index (χ3n) is 1.76. The molecule has 0 bridgehead atoms. The molecule has 0 N–H and O–H groups in total. The van der Waals surface area contributed by atoms with Gasteiger partial charge in [0, 0.05) is 0 Å². The van der Waals surface area contributed by atoms with E-state index in [0.717, 1.165) is 6.42 Å². The van der Waals surface area contributed by atoms with Gasteiger partial charge in [-0.15, -0.1) is 0 Å². The van der Waals surface area contributed by atoms with E-state index < -0.39 is 0 Å². The van der Waals surface area contributed by atoms with Crippen molar-refractivity contribution in [3.8, 4) is 0 Å². The third kappa shape index (κ3) is 1.95. The van der Waals surface area contributed by atoms with Crippen molar-refractivity contribution >= 4 is 16.5 Å². The zero-order valence-electron chi connectivity index (χ0n) is 7.33. The second-order valence-corrected chi connectivity index (χ2v) is 2.95. The Morgan fingerprint density at radius 1 is 1.58 bits per heavy atom. The van der Waals surface area contributed by atoms with Crippen molar-refractivity contribution < 1.29 is 9.22 Å². The lowest BCUT2D eigenvalue weighted by Crippen LogP contribution is -2.02. The molecule has 0 fully saturated rings. The number of carbonyl (C=O) groups excluding carboxylic acids is 1. The van der Waals surface area contributed by atoms with Gasteiger partial charge in [0.25, 0.3) is 0 Å². The molecule has 1 rings (SSSR count). The van der Waals surface area contributed by atoms with Gasteiger partial charge in [0.15, 0.2) is 0 Å². The van der Waals surface area contributed by atoms with E-state index in [4.69, 9.17) is 4.43 Å². The zero-order chi connectivity index (χ0) is 8.97. The summed E-state index contributed by atoms with van der Waals surface area (Å²) in [5.74, 6) is -0.211. The van der Waals surface area contributed by atoms with Crippen LogP contribution in [0, 0.1) is 0 Å². The summed E-state index contributed by atoms with van der Waals surface area (Å²) >= 11 is 0. The predicted octanol–water partition coefficient (Wildman–Crippen LogP) is 0.686. The molecule has 0 aliphatic heterocycles. The van der Waals surface area contributed by atoms with Crippen molar-refractivity contribution in [3.63, 3.8) is 0 Å². The number of carbonyl (C=O) groups is 1. The van der Waals surface area contributed by atoms with E-state index in [-0.39, 0.29) is 5.97 Å². The van der Waals surface area contributed by atoms with Crippen LogP contribution in [0.5, 0.6) is 0 Å². The molecule has 64 valence electrons. The summed E-state index contributed by atoms with van der Waals surface area (Å²) in [4.78, 5) is 11.1. The van der Waals surface area contributed by atoms with E-state index in [2.05, 4.69) is 6.92 Å². The van der Waals surface area contributed by atoms with Gasteiger partial charge in [-0.2, -0.15) is 0 Å². The minimum Gasteiger partial charge on any atom is -0.525 e. The first-order valence-electron chi connectivity index (χ1n) is 3.95. The summed E-state index contributed by atoms with van der Waals surface area (Å²) < 4.78 is 4.74. The molecule has 0 aromatic heterocycles. The van der Waals surface area contributed by atoms with Gasteiger partial charge in [-0.05, 0) is 24.1 Å². The fourth-order valence-electron chi connectivity index (χ4n) is 1.04. The summed E-state index contributed by atoms with van der Waals surface area (Å²) in [6.07, 6.45) is 0.947. The van der Waals surface area contributed by atoms with Gasteiger partial charge in [0.2, 0.25) is 10.5 Å². The highest BCUT2D eigenvalue weighted by atomic mass is 28.2. The molecule has 2 nitrogen and oxygen atoms in total. The molecular formula is C9H12O2Si. The van der Waals surface area contributed by atoms with Gasteiger partial charge in [0.1, 0.15) is 0 Å². The molecule has 0 saturated carbocycles. The summed E-state index contributed by atoms with van der Waals surface area (Å²) in [7, 11) is 0.458. The van der Waals surface area contributed by atoms with Crippen LogP contribution in [0.3, 0.4) is 0 Å². The first kappa shape index (κ1) is 9.00. The monoisotopic (exact) mass is 180 g/mol. The van der Waals surface area contributed by atoms with E-state index in [1.54, 1.807) is 6.07 Å². The standard InChI is InChI=1S/C9H12O2Si/c1-2-7-4-3-5-8(6-7)9(10)11-12/h3-6H,2H2,1,12H3. The second kappa shape index (κ2) is 4.06. The lowest BCUT2D eigenvalue weighted by molar-refractivity contribution is 0.0749. The minimum absolute atomic E-state index is 0.211. The smallest absolute Gasteiger partial charge is 0.324 e. The van der Waals surface area contributed by atoms with Gasteiger partial charge in [-0.3, -0.25) is 0 Å². The van der Waals surface area contributed by atoms with Crippen LogP contribution in [-0.4, -0.2) is 16.5 Å². The van der Waals surface area contributed by atoms with Gasteiger partial charge >= 0.3 is 5.97 Å². The van der Waals surface area contributed by atoms with Crippen LogP contribution < -0.4 is 0 Å². The number of hydrogen-bond acceptors (Lipinski definition) is 2. The first-order valence-corrected chi connectivity index (χ1v) is 4.77. The Labute approximate surface area is 75.1 Å². The highest BCUT2D eigenvalue weighted by Gasteiger charge is 2.03. The van der Waals surface area contributed by atoms with E-state index in [1.165, 1.54) is 5.56 Å². The van der Waals surface area contributed by atoms with Crippen LogP contribution in [0.1, 0.15) is 22.8 Å². The third-order valence-corrected chi connectivity index (χ3v) is 2.13. The molecular weight excluding hydrogens is 168 g/mol. The van der Waals surface area contributed by atoms with Gasteiger partial charge in [-0.25, -0.2) is 4.79 Å². The summed E-state index contributed by atoms with van der Waals surface area (Å²) in [6.45, 7) is 2.06. The van der Waals surface area contributed by atoms with E-state index in [1.807, 2.05) is 18.2 Å². The van der Waals surface area contributed by atoms with Crippen LogP contribution in [0.4, 0.5) is 0 Å². The molecule has 0 spiro atoms. The quantitative estimate of drug-likeness (QED) is 0.626. The highest BCUT2D eigenvalue weighted by Crippen LogP contribution is 2.06. The summed E-state index contributed by atoms with van der Waals surface area (Å²) in [6, 6.07) is 7.54. The molecule has 0 unspecified atom stereocenters. The molecule has 0 saturated heterocycles. The maximum absolute atomic E-state index is 11.1. The normalized spacial score (nSPS) is 9.75. The van der Waals surface area contributed by atoms with E-state index >= 15 is 0 Å². The molecule has 1 aromatic carbocycles. The van der Waals surface area contributed by atoms with Crippen molar-refractivity contribution in [2.75, 3.05) is 0 Å². The molecule has 0 radical (unpaired) electrons. The predicted molar refractivity (Wildman–Crippen MR) is 51.2 cm³/mol. The summed E-state index contributed by atoms with van der Waals surface area (Å²) in [5, 5.41) is 0. The van der Waals surface area contributed by atoms with Crippen molar-refractivity contribution in [1.82, 2.24) is 0 Å². The lowest BCUT2D eigenvalue weighted by Gasteiger charge is -2.01. The fraction of sp³-hybridized carbons (Fsp3) is 0.222. The Bertz CT molecular complexity index is 284. The van der Waals surface area contributed by atoms with E-state index in [0.29, 0.717) is 16.0 Å². The lowest BCUT2D eigenvalue weighted by atomic mass is 10.1. The molecule has 0 amide bonds. The van der Waals surface area contributed by atoms with Crippen molar-refractivity contribution in [1.29, 1.82) is 0 Å². The van der Waals surface area contributed by atoms with Gasteiger partial charge < -0.3 is 4.43 Å². The Morgan fingerprint density at radius 2 is 2.33 bits per heavy atom. The first-order chi connectivity index (χ1) is 5.77. The van der Waals surface area contributed by atoms with E-state index in [9.17, 15) is 4.79 Å². The average Bonchev–Trinajstić information content (AvgIpc) is 2.17. The SMILES string of the molecule is CCc1cccc(C(=O)O[SiH3])c1. The summed E-state index contributed by atoms with van der Waals surface area (Å²) in [5.41, 5.74) is 1.82. The fourth-order valence-corrected chi connectivity index (χ4v) is 1.27. The van der Waals surface area contributed by atoms with Crippen LogP contribution in [0.25, 0.3) is 0 Å². The number of aryl methyl sites for hydroxylation is 1. The number of rotatable bonds is 2. The molecule has 0 atom stereocenters. The van der Waals surface area contributed by atoms with Crippen LogP contribution in [0.15, 0.2) is 24.3 Å². The van der Waals surface area contributed by atoms with Gasteiger partial charge in [0.05, 0.1) is 5.56 Å². The number of hydrogen-bond donors (Lipinski definition) is 0. The van der Waals surface area contributed by atoms with Crippen LogP contribution >= 0.6 is 0 Å². The Balaban J connectivity index is 2.93. The maximum Gasteiger partial charge on any atom is 0.324 e. The molecule has 3 heteroatoms. The minimum atomic E-state index is -0.211. The second-order valence-electron chi connectivity index (χ2n) is 2.55. The highest BCUT2D eigenvalue weighted by molar-refractivity contribution is 6.09. The Hall–Kier alpha value is -1.09. The molecule has 0 aliphatic carbocycles. The average molecular weight is 180 g/mol. The van der Waals surface area contributed by atoms with Crippen molar-refractivity contribution in [2.24, 2.45) is 0 Å². The van der Waals surface area contributed by atoms with Crippen molar-refractivity contribution in [2.45, 2.75) is 13.3 Å². The van der Waals surface area contributed by atoms with Crippen LogP contribution in [0.2, 0.25) is 0 Å². The van der Waals surface area contributed by atoms with Crippen molar-refractivity contribution in [3.05, 3.63) is 35.4 Å². The molecule has 0 aliphatic rings. The Kier molecular flexibility index (Phi) is 3.05. The molecule has 0 heterocycles. The Morgan fingerprint density at radius 3 is 2.92 bits per heavy atom. The zero-order valence-corrected chi connectivity index (χ0v) is 9.33. The number of benzene rings is 1. The topological polar surface area (TPSA) is 26.3 Å². The van der Waals surface area contributed by atoms with Crippen LogP contribution in [-0.2, 0) is 10.8 Å². The molecule has 1 aromatic rings. The molecule has 12 heavy (non-hydrogen) atoms. The maximum atomic E-state index is 11.1. The van der Waals surface area contributed by atoms with Gasteiger partial charge in [-0.1, -0.05) is 19.1 Å². The largest absolute Gasteiger partial charge is 0.525 e.